The number of aromatic nitrogens is 4. The van der Waals surface area contributed by atoms with E-state index in [9.17, 15) is 9.90 Å². The smallest absolute Gasteiger partial charge is 0.287 e. The molecule has 3 heterocycles. The first-order chi connectivity index (χ1) is 11.6. The Morgan fingerprint density at radius 3 is 2.88 bits per heavy atom. The number of imidazole rings is 1. The second-order valence-electron chi connectivity index (χ2n) is 6.67. The van der Waals surface area contributed by atoms with Gasteiger partial charge in [-0.05, 0) is 18.9 Å². The molecule has 0 radical (unpaired) electrons. The van der Waals surface area contributed by atoms with Crippen LogP contribution in [0, 0.1) is 0 Å². The van der Waals surface area contributed by atoms with Crippen LogP contribution in [-0.2, 0) is 0 Å². The molecule has 1 aliphatic carbocycles. The molecule has 4 rings (SSSR count). The van der Waals surface area contributed by atoms with Gasteiger partial charge in [0.1, 0.15) is 11.2 Å². The molecule has 3 aromatic rings. The maximum atomic E-state index is 12.4. The number of hydrogen-bond donors (Lipinski definition) is 4. The van der Waals surface area contributed by atoms with Crippen molar-refractivity contribution in [3.63, 3.8) is 0 Å². The van der Waals surface area contributed by atoms with E-state index < -0.39 is 5.60 Å². The average Bonchev–Trinajstić information content (AvgIpc) is 3.16. The topological polar surface area (TPSA) is 107 Å². The third kappa shape index (κ3) is 2.75. The van der Waals surface area contributed by atoms with Crippen LogP contribution >= 0.6 is 0 Å². The zero-order chi connectivity index (χ0) is 16.6. The van der Waals surface area contributed by atoms with Crippen LogP contribution in [0.2, 0.25) is 0 Å². The molecule has 0 saturated heterocycles. The number of fused-ring (bicyclic) bond motifs is 3. The van der Waals surface area contributed by atoms with Gasteiger partial charge in [-0.3, -0.25) is 4.79 Å². The number of hydrogen-bond acceptors (Lipinski definition) is 4. The largest absolute Gasteiger partial charge is 0.388 e. The first-order valence-electron chi connectivity index (χ1n) is 8.47. The highest BCUT2D eigenvalue weighted by Crippen LogP contribution is 2.26. The number of carbonyl (C=O) groups excluding carboxylic acids is 1. The van der Waals surface area contributed by atoms with Gasteiger partial charge in [0, 0.05) is 18.1 Å². The van der Waals surface area contributed by atoms with Crippen molar-refractivity contribution >= 4 is 28.0 Å². The molecule has 0 aromatic carbocycles. The molecular weight excluding hydrogens is 306 g/mol. The van der Waals surface area contributed by atoms with Crippen LogP contribution < -0.4 is 5.32 Å². The molecule has 7 nitrogen and oxygen atoms in total. The summed E-state index contributed by atoms with van der Waals surface area (Å²) in [6.45, 7) is 0.265. The molecule has 0 unspecified atom stereocenters. The molecule has 0 bridgehead atoms. The Labute approximate surface area is 138 Å². The number of amides is 1. The summed E-state index contributed by atoms with van der Waals surface area (Å²) in [4.78, 5) is 27.1. The van der Waals surface area contributed by atoms with Gasteiger partial charge in [0.2, 0.25) is 0 Å². The van der Waals surface area contributed by atoms with Gasteiger partial charge in [-0.2, -0.15) is 0 Å². The Morgan fingerprint density at radius 2 is 2.08 bits per heavy atom. The Hall–Kier alpha value is -2.41. The molecular formula is C17H21N5O2. The maximum Gasteiger partial charge on any atom is 0.287 e. The van der Waals surface area contributed by atoms with Gasteiger partial charge in [-0.15, -0.1) is 0 Å². The molecule has 1 saturated carbocycles. The molecule has 0 atom stereocenters. The molecule has 1 amide bonds. The van der Waals surface area contributed by atoms with Gasteiger partial charge in [0.15, 0.2) is 5.82 Å². The third-order valence-electron chi connectivity index (χ3n) is 4.86. The van der Waals surface area contributed by atoms with Crippen molar-refractivity contribution in [1.82, 2.24) is 25.3 Å². The molecule has 24 heavy (non-hydrogen) atoms. The maximum absolute atomic E-state index is 12.4. The van der Waals surface area contributed by atoms with Gasteiger partial charge in [-0.25, -0.2) is 9.97 Å². The van der Waals surface area contributed by atoms with Crippen molar-refractivity contribution in [2.75, 3.05) is 6.54 Å². The molecule has 0 spiro atoms. The van der Waals surface area contributed by atoms with E-state index in [2.05, 4.69) is 25.3 Å². The summed E-state index contributed by atoms with van der Waals surface area (Å²) in [6.07, 6.45) is 9.26. The standard InChI is InChI=1S/C17H21N5O2/c23-16(20-10-17(24)6-3-1-2-4-7-17)15-21-12-9-19-14-11(5-8-18-14)13(12)22-15/h5,8-9,24H,1-4,6-7,10H2,(H,18,19)(H,20,23)(H,21,22). The minimum atomic E-state index is -0.798. The predicted molar refractivity (Wildman–Crippen MR) is 90.7 cm³/mol. The third-order valence-corrected chi connectivity index (χ3v) is 4.86. The van der Waals surface area contributed by atoms with Crippen molar-refractivity contribution in [2.45, 2.75) is 44.1 Å². The van der Waals surface area contributed by atoms with E-state index in [1.807, 2.05) is 6.07 Å². The Morgan fingerprint density at radius 1 is 1.29 bits per heavy atom. The van der Waals surface area contributed by atoms with Crippen LogP contribution in [0.25, 0.3) is 22.1 Å². The molecule has 1 aliphatic rings. The van der Waals surface area contributed by atoms with E-state index in [0.29, 0.717) is 0 Å². The monoisotopic (exact) mass is 327 g/mol. The molecule has 7 heteroatoms. The SMILES string of the molecule is O=C(NCC1(O)CCCCCC1)c1nc2c(cnc3[nH]ccc32)[nH]1. The zero-order valence-corrected chi connectivity index (χ0v) is 13.4. The lowest BCUT2D eigenvalue weighted by Gasteiger charge is -2.26. The molecule has 3 aromatic heterocycles. The van der Waals surface area contributed by atoms with Crippen LogP contribution in [0.1, 0.15) is 49.1 Å². The van der Waals surface area contributed by atoms with Crippen LogP contribution in [0.4, 0.5) is 0 Å². The summed E-state index contributed by atoms with van der Waals surface area (Å²) in [6, 6.07) is 1.89. The average molecular weight is 327 g/mol. The fourth-order valence-electron chi connectivity index (χ4n) is 3.47. The quantitative estimate of drug-likeness (QED) is 0.553. The number of pyridine rings is 1. The summed E-state index contributed by atoms with van der Waals surface area (Å²) in [5.41, 5.74) is 1.39. The lowest BCUT2D eigenvalue weighted by atomic mass is 9.94. The summed E-state index contributed by atoms with van der Waals surface area (Å²) in [5, 5.41) is 14.3. The predicted octanol–water partition coefficient (Wildman–Crippen LogP) is 2.25. The highest BCUT2D eigenvalue weighted by Gasteiger charge is 2.29. The van der Waals surface area contributed by atoms with E-state index in [-0.39, 0.29) is 18.3 Å². The lowest BCUT2D eigenvalue weighted by molar-refractivity contribution is 0.0245. The van der Waals surface area contributed by atoms with Crippen molar-refractivity contribution in [1.29, 1.82) is 0 Å². The van der Waals surface area contributed by atoms with Crippen molar-refractivity contribution in [3.05, 3.63) is 24.3 Å². The van der Waals surface area contributed by atoms with E-state index in [1.165, 1.54) is 0 Å². The van der Waals surface area contributed by atoms with E-state index >= 15 is 0 Å². The number of nitrogens with zero attached hydrogens (tertiary/aromatic N) is 2. The Bertz CT molecular complexity index is 874. The molecule has 126 valence electrons. The van der Waals surface area contributed by atoms with Crippen molar-refractivity contribution in [3.8, 4) is 0 Å². The summed E-state index contributed by atoms with van der Waals surface area (Å²) < 4.78 is 0. The second kappa shape index (κ2) is 5.90. The number of H-pyrrole nitrogens is 2. The highest BCUT2D eigenvalue weighted by molar-refractivity contribution is 6.03. The number of rotatable bonds is 3. The highest BCUT2D eigenvalue weighted by atomic mass is 16.3. The van der Waals surface area contributed by atoms with Crippen LogP contribution in [0.15, 0.2) is 18.5 Å². The Kier molecular flexibility index (Phi) is 3.72. The first kappa shape index (κ1) is 15.1. The molecule has 1 fully saturated rings. The lowest BCUT2D eigenvalue weighted by Crippen LogP contribution is -2.42. The number of nitrogens with one attached hydrogen (secondary N) is 3. The van der Waals surface area contributed by atoms with Crippen LogP contribution in [0.3, 0.4) is 0 Å². The van der Waals surface area contributed by atoms with Gasteiger partial charge in [0.05, 0.1) is 17.3 Å². The van der Waals surface area contributed by atoms with Crippen LogP contribution in [0.5, 0.6) is 0 Å². The second-order valence-corrected chi connectivity index (χ2v) is 6.67. The van der Waals surface area contributed by atoms with Gasteiger partial charge < -0.3 is 20.4 Å². The van der Waals surface area contributed by atoms with E-state index in [4.69, 9.17) is 0 Å². The minimum absolute atomic E-state index is 0.248. The normalized spacial score (nSPS) is 17.9. The van der Waals surface area contributed by atoms with Gasteiger partial charge in [-0.1, -0.05) is 25.7 Å². The van der Waals surface area contributed by atoms with Crippen molar-refractivity contribution < 1.29 is 9.90 Å². The summed E-state index contributed by atoms with van der Waals surface area (Å²) >= 11 is 0. The van der Waals surface area contributed by atoms with Crippen molar-refractivity contribution in [2.24, 2.45) is 0 Å². The summed E-state index contributed by atoms with van der Waals surface area (Å²) in [7, 11) is 0. The van der Waals surface area contributed by atoms with Crippen LogP contribution in [-0.4, -0.2) is 43.1 Å². The number of aliphatic hydroxyl groups is 1. The minimum Gasteiger partial charge on any atom is -0.388 e. The molecule has 0 aliphatic heterocycles. The first-order valence-corrected chi connectivity index (χ1v) is 8.47. The van der Waals surface area contributed by atoms with Gasteiger partial charge >= 0.3 is 0 Å². The van der Waals surface area contributed by atoms with Gasteiger partial charge in [0.25, 0.3) is 5.91 Å². The molecule has 4 N–H and O–H groups in total. The summed E-state index contributed by atoms with van der Waals surface area (Å²) in [5.74, 6) is -0.0507. The Balaban J connectivity index is 1.52. The van der Waals surface area contributed by atoms with E-state index in [1.54, 1.807) is 12.4 Å². The number of aromatic amines is 2. The fourth-order valence-corrected chi connectivity index (χ4v) is 3.47. The number of carbonyl (C=O) groups is 1. The fraction of sp³-hybridized carbons (Fsp3) is 0.471. The zero-order valence-electron chi connectivity index (χ0n) is 13.4. The van der Waals surface area contributed by atoms with E-state index in [0.717, 1.165) is 60.6 Å².